The van der Waals surface area contributed by atoms with Crippen LogP contribution in [-0.2, 0) is 7.05 Å². The summed E-state index contributed by atoms with van der Waals surface area (Å²) in [5, 5.41) is 4.24. The molecule has 3 rings (SSSR count). The van der Waals surface area contributed by atoms with Crippen molar-refractivity contribution in [2.45, 2.75) is 38.6 Å². The minimum atomic E-state index is 0.0154. The average molecular weight is 291 g/mol. The molecule has 116 valence electrons. The van der Waals surface area contributed by atoms with Crippen molar-refractivity contribution in [1.82, 2.24) is 19.6 Å². The van der Waals surface area contributed by atoms with Crippen LogP contribution in [0.25, 0.3) is 0 Å². The standard InChI is InChI=1S/C15H25N5O/c1-11-13(16)14(18(2)17-11)15(21)20-9-7-19(8-10-20)12-5-3-4-6-12/h12H,3-10,16H2,1-2H3. The van der Waals surface area contributed by atoms with E-state index in [0.717, 1.165) is 37.9 Å². The third-order valence-corrected chi connectivity index (χ3v) is 4.91. The Kier molecular flexibility index (Phi) is 3.89. The molecule has 2 aliphatic rings. The summed E-state index contributed by atoms with van der Waals surface area (Å²) in [7, 11) is 1.78. The summed E-state index contributed by atoms with van der Waals surface area (Å²) < 4.78 is 1.61. The number of nitrogen functional groups attached to an aromatic ring is 1. The molecule has 21 heavy (non-hydrogen) atoms. The number of aryl methyl sites for hydroxylation is 2. The van der Waals surface area contributed by atoms with Crippen LogP contribution in [0, 0.1) is 6.92 Å². The molecular formula is C15H25N5O. The number of rotatable bonds is 2. The van der Waals surface area contributed by atoms with Gasteiger partial charge in [0.25, 0.3) is 5.91 Å². The van der Waals surface area contributed by atoms with Crippen LogP contribution in [-0.4, -0.2) is 57.7 Å². The van der Waals surface area contributed by atoms with Gasteiger partial charge in [0.05, 0.1) is 11.4 Å². The molecule has 1 aliphatic heterocycles. The number of hydrogen-bond acceptors (Lipinski definition) is 4. The molecular weight excluding hydrogens is 266 g/mol. The molecule has 0 spiro atoms. The maximum atomic E-state index is 12.6. The highest BCUT2D eigenvalue weighted by atomic mass is 16.2. The summed E-state index contributed by atoms with van der Waals surface area (Å²) in [6.07, 6.45) is 5.35. The molecule has 6 nitrogen and oxygen atoms in total. The molecule has 1 saturated heterocycles. The van der Waals surface area contributed by atoms with Gasteiger partial charge in [-0.1, -0.05) is 12.8 Å². The lowest BCUT2D eigenvalue weighted by Gasteiger charge is -2.38. The highest BCUT2D eigenvalue weighted by molar-refractivity contribution is 5.98. The van der Waals surface area contributed by atoms with E-state index in [4.69, 9.17) is 5.73 Å². The van der Waals surface area contributed by atoms with E-state index >= 15 is 0 Å². The van der Waals surface area contributed by atoms with E-state index in [2.05, 4.69) is 10.00 Å². The van der Waals surface area contributed by atoms with Gasteiger partial charge in [-0.05, 0) is 19.8 Å². The van der Waals surface area contributed by atoms with Crippen molar-refractivity contribution in [3.63, 3.8) is 0 Å². The lowest BCUT2D eigenvalue weighted by atomic mass is 10.1. The predicted molar refractivity (Wildman–Crippen MR) is 82.1 cm³/mol. The van der Waals surface area contributed by atoms with Gasteiger partial charge in [-0.3, -0.25) is 14.4 Å². The van der Waals surface area contributed by atoms with E-state index in [1.165, 1.54) is 25.7 Å². The van der Waals surface area contributed by atoms with E-state index < -0.39 is 0 Å². The fourth-order valence-corrected chi connectivity index (χ4v) is 3.64. The fraction of sp³-hybridized carbons (Fsp3) is 0.733. The molecule has 2 N–H and O–H groups in total. The first-order chi connectivity index (χ1) is 10.1. The monoisotopic (exact) mass is 291 g/mol. The van der Waals surface area contributed by atoms with Crippen LogP contribution in [0.4, 0.5) is 5.69 Å². The van der Waals surface area contributed by atoms with E-state index in [1.807, 2.05) is 11.8 Å². The van der Waals surface area contributed by atoms with Gasteiger partial charge in [-0.2, -0.15) is 5.10 Å². The second-order valence-corrected chi connectivity index (χ2v) is 6.24. The van der Waals surface area contributed by atoms with Crippen molar-refractivity contribution in [1.29, 1.82) is 0 Å². The molecule has 0 atom stereocenters. The van der Waals surface area contributed by atoms with Crippen molar-refractivity contribution in [2.75, 3.05) is 31.9 Å². The van der Waals surface area contributed by atoms with Gasteiger partial charge in [0, 0.05) is 39.3 Å². The maximum Gasteiger partial charge on any atom is 0.274 e. The van der Waals surface area contributed by atoms with Crippen LogP contribution < -0.4 is 5.73 Å². The minimum Gasteiger partial charge on any atom is -0.395 e. The van der Waals surface area contributed by atoms with Crippen LogP contribution in [0.5, 0.6) is 0 Å². The molecule has 0 bridgehead atoms. The number of anilines is 1. The van der Waals surface area contributed by atoms with Crippen molar-refractivity contribution in [2.24, 2.45) is 7.05 Å². The largest absolute Gasteiger partial charge is 0.395 e. The Labute approximate surface area is 125 Å². The molecule has 1 saturated carbocycles. The zero-order valence-corrected chi connectivity index (χ0v) is 13.0. The number of nitrogens with zero attached hydrogens (tertiary/aromatic N) is 4. The van der Waals surface area contributed by atoms with Gasteiger partial charge >= 0.3 is 0 Å². The molecule has 0 radical (unpaired) electrons. The van der Waals surface area contributed by atoms with E-state index in [1.54, 1.807) is 11.7 Å². The fourth-order valence-electron chi connectivity index (χ4n) is 3.64. The van der Waals surface area contributed by atoms with Crippen molar-refractivity contribution < 1.29 is 4.79 Å². The Morgan fingerprint density at radius 3 is 2.33 bits per heavy atom. The van der Waals surface area contributed by atoms with Gasteiger partial charge in [0.1, 0.15) is 5.69 Å². The predicted octanol–water partition coefficient (Wildman–Crippen LogP) is 1.01. The number of aromatic nitrogens is 2. The first kappa shape index (κ1) is 14.4. The van der Waals surface area contributed by atoms with Gasteiger partial charge in [0.2, 0.25) is 0 Å². The summed E-state index contributed by atoms with van der Waals surface area (Å²) in [4.78, 5) is 17.1. The molecule has 2 fully saturated rings. The van der Waals surface area contributed by atoms with E-state index in [0.29, 0.717) is 11.4 Å². The zero-order chi connectivity index (χ0) is 15.0. The number of amides is 1. The third-order valence-electron chi connectivity index (χ3n) is 4.91. The van der Waals surface area contributed by atoms with Crippen LogP contribution in [0.3, 0.4) is 0 Å². The molecule has 6 heteroatoms. The number of carbonyl (C=O) groups is 1. The van der Waals surface area contributed by atoms with Crippen molar-refractivity contribution >= 4 is 11.6 Å². The van der Waals surface area contributed by atoms with Gasteiger partial charge in [-0.25, -0.2) is 0 Å². The summed E-state index contributed by atoms with van der Waals surface area (Å²) in [6, 6.07) is 0.742. The molecule has 1 amide bonds. The first-order valence-electron chi connectivity index (χ1n) is 7.90. The minimum absolute atomic E-state index is 0.0154. The second-order valence-electron chi connectivity index (χ2n) is 6.24. The van der Waals surface area contributed by atoms with Crippen LogP contribution >= 0.6 is 0 Å². The Balaban J connectivity index is 1.65. The quantitative estimate of drug-likeness (QED) is 0.883. The Morgan fingerprint density at radius 1 is 1.19 bits per heavy atom. The van der Waals surface area contributed by atoms with E-state index in [9.17, 15) is 4.79 Å². The van der Waals surface area contributed by atoms with Crippen molar-refractivity contribution in [3.05, 3.63) is 11.4 Å². The maximum absolute atomic E-state index is 12.6. The number of nitrogens with two attached hydrogens (primary N) is 1. The Morgan fingerprint density at radius 2 is 1.81 bits per heavy atom. The molecule has 2 heterocycles. The summed E-state index contributed by atoms with van der Waals surface area (Å²) in [5.41, 5.74) is 7.77. The number of carbonyl (C=O) groups excluding carboxylic acids is 1. The number of piperazine rings is 1. The summed E-state index contributed by atoms with van der Waals surface area (Å²) >= 11 is 0. The highest BCUT2D eigenvalue weighted by Crippen LogP contribution is 2.25. The third kappa shape index (κ3) is 2.64. The lowest BCUT2D eigenvalue weighted by molar-refractivity contribution is 0.0564. The molecule has 0 aromatic carbocycles. The first-order valence-corrected chi connectivity index (χ1v) is 7.90. The molecule has 1 aromatic rings. The summed E-state index contributed by atoms with van der Waals surface area (Å²) in [6.45, 7) is 5.38. The molecule has 1 aliphatic carbocycles. The Hall–Kier alpha value is -1.56. The van der Waals surface area contributed by atoms with Gasteiger partial charge < -0.3 is 10.6 Å². The number of hydrogen-bond donors (Lipinski definition) is 1. The van der Waals surface area contributed by atoms with Crippen LogP contribution in [0.1, 0.15) is 41.9 Å². The average Bonchev–Trinajstić information content (AvgIpc) is 3.08. The molecule has 0 unspecified atom stereocenters. The summed E-state index contributed by atoms with van der Waals surface area (Å²) in [5.74, 6) is 0.0154. The van der Waals surface area contributed by atoms with Crippen molar-refractivity contribution in [3.8, 4) is 0 Å². The van der Waals surface area contributed by atoms with Gasteiger partial charge in [0.15, 0.2) is 0 Å². The normalized spacial score (nSPS) is 21.1. The SMILES string of the molecule is Cc1nn(C)c(C(=O)N2CCN(C3CCCC3)CC2)c1N. The molecule has 1 aromatic heterocycles. The van der Waals surface area contributed by atoms with Gasteiger partial charge in [-0.15, -0.1) is 0 Å². The van der Waals surface area contributed by atoms with Crippen LogP contribution in [0.2, 0.25) is 0 Å². The highest BCUT2D eigenvalue weighted by Gasteiger charge is 2.30. The topological polar surface area (TPSA) is 67.4 Å². The lowest BCUT2D eigenvalue weighted by Crippen LogP contribution is -2.51. The zero-order valence-electron chi connectivity index (χ0n) is 13.0. The van der Waals surface area contributed by atoms with E-state index in [-0.39, 0.29) is 5.91 Å². The van der Waals surface area contributed by atoms with Crippen LogP contribution in [0.15, 0.2) is 0 Å². The smallest absolute Gasteiger partial charge is 0.274 e. The Bertz CT molecular complexity index is 524. The second kappa shape index (κ2) is 5.67.